The Morgan fingerprint density at radius 1 is 1.03 bits per heavy atom. The highest BCUT2D eigenvalue weighted by atomic mass is 31.2. The number of azide groups is 1. The number of rotatable bonds is 5. The van der Waals surface area contributed by atoms with Crippen molar-refractivity contribution in [2.45, 2.75) is 51.6 Å². The summed E-state index contributed by atoms with van der Waals surface area (Å²) in [5, 5.41) is 12.9. The molecule has 24 heteroatoms. The number of aryl methyl sites for hydroxylation is 1. The lowest BCUT2D eigenvalue weighted by molar-refractivity contribution is -0.0277. The van der Waals surface area contributed by atoms with Gasteiger partial charge in [0.2, 0.25) is 0 Å². The Kier molecular flexibility index (Phi) is 16.4. The van der Waals surface area contributed by atoms with Crippen LogP contribution in [0.2, 0.25) is 0 Å². The molecular formula is C13H28N5O16P3. The predicted octanol–water partition coefficient (Wildman–Crippen LogP) is -2.10. The molecule has 216 valence electrons. The van der Waals surface area contributed by atoms with Crippen LogP contribution in [0.4, 0.5) is 0 Å². The fraction of sp³-hybridized carbons (Fsp3) is 0.692. The quantitative estimate of drug-likeness (QED) is 0.0745. The van der Waals surface area contributed by atoms with E-state index >= 15 is 0 Å². The molecule has 0 aliphatic carbocycles. The van der Waals surface area contributed by atoms with E-state index in [9.17, 15) is 14.7 Å². The third kappa shape index (κ3) is 19.9. The minimum absolute atomic E-state index is 0.277. The molecule has 1 fully saturated rings. The van der Waals surface area contributed by atoms with E-state index in [1.165, 1.54) is 15.3 Å². The first kappa shape index (κ1) is 37.4. The van der Waals surface area contributed by atoms with E-state index in [-0.39, 0.29) is 18.6 Å². The average Bonchev–Trinajstić information content (AvgIpc) is 3.07. The molecule has 2 rings (SSSR count). The summed E-state index contributed by atoms with van der Waals surface area (Å²) >= 11 is 0. The van der Waals surface area contributed by atoms with E-state index in [2.05, 4.69) is 10.0 Å². The summed E-state index contributed by atoms with van der Waals surface area (Å²) in [5.41, 5.74) is 8.22. The van der Waals surface area contributed by atoms with Crippen molar-refractivity contribution in [1.29, 1.82) is 0 Å². The zero-order valence-electron chi connectivity index (χ0n) is 19.1. The first-order chi connectivity index (χ1) is 16.5. The predicted molar refractivity (Wildman–Crippen MR) is 121 cm³/mol. The first-order valence-electron chi connectivity index (χ1n) is 9.51. The van der Waals surface area contributed by atoms with Gasteiger partial charge < -0.3 is 53.9 Å². The van der Waals surface area contributed by atoms with Crippen molar-refractivity contribution in [1.82, 2.24) is 9.13 Å². The lowest BCUT2D eigenvalue weighted by Gasteiger charge is -2.17. The molecule has 0 bridgehead atoms. The van der Waals surface area contributed by atoms with Gasteiger partial charge in [-0.1, -0.05) is 12.0 Å². The maximum absolute atomic E-state index is 12.5. The molecule has 10 N–H and O–H groups in total. The summed E-state index contributed by atoms with van der Waals surface area (Å²) in [6, 6.07) is -0.543. The molecule has 1 aliphatic heterocycles. The van der Waals surface area contributed by atoms with Gasteiger partial charge in [-0.2, -0.15) is 0 Å². The molecule has 1 aromatic rings. The van der Waals surface area contributed by atoms with Crippen LogP contribution < -0.4 is 11.2 Å². The Morgan fingerprint density at radius 2 is 1.46 bits per heavy atom. The summed E-state index contributed by atoms with van der Waals surface area (Å²) in [6.45, 7) is 3.54. The van der Waals surface area contributed by atoms with Gasteiger partial charge >= 0.3 is 29.2 Å². The van der Waals surface area contributed by atoms with Gasteiger partial charge in [0, 0.05) is 29.6 Å². The zero-order valence-corrected chi connectivity index (χ0v) is 21.8. The number of phosphoric acid groups is 3. The Balaban J connectivity index is 0. The molecule has 21 nitrogen and oxygen atoms in total. The lowest BCUT2D eigenvalue weighted by atomic mass is 10.1. The van der Waals surface area contributed by atoms with Crippen LogP contribution in [0.1, 0.15) is 31.6 Å². The third-order valence-corrected chi connectivity index (χ3v) is 3.71. The summed E-state index contributed by atoms with van der Waals surface area (Å²) in [5.74, 6) is 0. The maximum Gasteiger partial charge on any atom is 0.466 e. The molecule has 3 atom stereocenters. The Bertz CT molecular complexity index is 1090. The second-order valence-electron chi connectivity index (χ2n) is 6.82. The van der Waals surface area contributed by atoms with Gasteiger partial charge in [0.15, 0.2) is 0 Å². The standard InChI is InChI=1S/C13H19N5O4.3H3O4P/c1-3-4-17-12(20)8(2)6-18(13(17)21)11-5-9(15-16-14)10(7-19)22-11;3*1-5(2,3)4/h6,9-11,19H,3-5,7H2,1-2H3;3*(H3,1,2,3,4)/t9?,10-,11-;;;/m1.../s1. The molecule has 1 aromatic heterocycles. The first-order valence-corrected chi connectivity index (χ1v) is 14.2. The number of aliphatic hydroxyl groups excluding tert-OH is 1. The normalized spacial score (nSPS) is 19.2. The Hall–Kier alpha value is -1.76. The topological polar surface area (TPSA) is 356 Å². The highest BCUT2D eigenvalue weighted by Gasteiger charge is 2.36. The minimum atomic E-state index is -4.64. The summed E-state index contributed by atoms with van der Waals surface area (Å²) < 4.78 is 34.8. The van der Waals surface area contributed by atoms with Crippen molar-refractivity contribution in [3.63, 3.8) is 0 Å². The summed E-state index contributed by atoms with van der Waals surface area (Å²) in [7, 11) is -13.9. The van der Waals surface area contributed by atoms with Crippen molar-refractivity contribution < 1.29 is 67.6 Å². The molecule has 0 amide bonds. The highest BCUT2D eigenvalue weighted by molar-refractivity contribution is 7.45. The molecule has 1 unspecified atom stereocenters. The monoisotopic (exact) mass is 603 g/mol. The molecular weight excluding hydrogens is 575 g/mol. The highest BCUT2D eigenvalue weighted by Crippen LogP contribution is 2.30. The summed E-state index contributed by atoms with van der Waals surface area (Å²) in [6.07, 6.45) is 1.07. The van der Waals surface area contributed by atoms with Crippen LogP contribution in [-0.2, 0) is 25.0 Å². The van der Waals surface area contributed by atoms with E-state index in [0.717, 1.165) is 0 Å². The number of nitrogens with zero attached hydrogens (tertiary/aromatic N) is 5. The van der Waals surface area contributed by atoms with Crippen LogP contribution in [0.15, 0.2) is 20.9 Å². The van der Waals surface area contributed by atoms with E-state index in [1.807, 2.05) is 6.92 Å². The Morgan fingerprint density at radius 3 is 1.81 bits per heavy atom. The number of aliphatic hydroxyl groups is 1. The molecule has 37 heavy (non-hydrogen) atoms. The van der Waals surface area contributed by atoms with Gasteiger partial charge in [-0.25, -0.2) is 18.5 Å². The second-order valence-corrected chi connectivity index (χ2v) is 9.90. The van der Waals surface area contributed by atoms with Gasteiger partial charge in [0.25, 0.3) is 5.56 Å². The molecule has 1 aliphatic rings. The fourth-order valence-electron chi connectivity index (χ4n) is 2.62. The zero-order chi connectivity index (χ0) is 29.8. The largest absolute Gasteiger partial charge is 0.466 e. The van der Waals surface area contributed by atoms with E-state index in [4.69, 9.17) is 68.0 Å². The second kappa shape index (κ2) is 16.3. The molecule has 0 spiro atoms. The van der Waals surface area contributed by atoms with Gasteiger partial charge in [0.05, 0.1) is 18.8 Å². The Labute approximate surface area is 207 Å². The fourth-order valence-corrected chi connectivity index (χ4v) is 2.62. The van der Waals surface area contributed by atoms with Crippen LogP contribution in [0.25, 0.3) is 10.4 Å². The van der Waals surface area contributed by atoms with E-state index in [1.54, 1.807) is 6.92 Å². The number of aromatic nitrogens is 2. The SMILES string of the molecule is CCCn1c(=O)c(C)cn([C@H]2CC(N=[N+]=[N-])[C@@H](CO)O2)c1=O.O=P(O)(O)O.O=P(O)(O)O.O=P(O)(O)O. The van der Waals surface area contributed by atoms with Crippen molar-refractivity contribution in [2.75, 3.05) is 6.61 Å². The van der Waals surface area contributed by atoms with Crippen LogP contribution in [-0.4, -0.2) is 77.0 Å². The molecule has 2 heterocycles. The van der Waals surface area contributed by atoms with Crippen LogP contribution in [0.3, 0.4) is 0 Å². The molecule has 0 aromatic carbocycles. The van der Waals surface area contributed by atoms with Crippen molar-refractivity contribution >= 4 is 23.5 Å². The number of hydrogen-bond donors (Lipinski definition) is 10. The third-order valence-electron chi connectivity index (χ3n) is 3.71. The molecule has 0 saturated carbocycles. The van der Waals surface area contributed by atoms with Crippen LogP contribution in [0.5, 0.6) is 0 Å². The molecule has 0 radical (unpaired) electrons. The summed E-state index contributed by atoms with van der Waals surface area (Å²) in [4.78, 5) is 91.9. The lowest BCUT2D eigenvalue weighted by Crippen LogP contribution is -2.42. The van der Waals surface area contributed by atoms with Crippen LogP contribution >= 0.6 is 23.5 Å². The average molecular weight is 603 g/mol. The maximum atomic E-state index is 12.5. The minimum Gasteiger partial charge on any atom is -0.394 e. The van der Waals surface area contributed by atoms with Crippen molar-refractivity contribution in [3.05, 3.63) is 43.0 Å². The van der Waals surface area contributed by atoms with E-state index in [0.29, 0.717) is 18.5 Å². The van der Waals surface area contributed by atoms with E-state index < -0.39 is 47.5 Å². The van der Waals surface area contributed by atoms with Crippen molar-refractivity contribution in [3.8, 4) is 0 Å². The van der Waals surface area contributed by atoms with Gasteiger partial charge in [0.1, 0.15) is 6.23 Å². The van der Waals surface area contributed by atoms with Gasteiger partial charge in [-0.05, 0) is 18.9 Å². The smallest absolute Gasteiger partial charge is 0.394 e. The van der Waals surface area contributed by atoms with Crippen LogP contribution in [0, 0.1) is 6.92 Å². The van der Waals surface area contributed by atoms with Gasteiger partial charge in [-0.3, -0.25) is 13.9 Å². The number of hydrogen-bond acceptors (Lipinski definition) is 8. The molecule has 1 saturated heterocycles. The van der Waals surface area contributed by atoms with Gasteiger partial charge in [-0.15, -0.1) is 0 Å². The number of ether oxygens (including phenoxy) is 1. The van der Waals surface area contributed by atoms with Crippen molar-refractivity contribution in [2.24, 2.45) is 5.11 Å².